The van der Waals surface area contributed by atoms with Crippen molar-refractivity contribution < 1.29 is 10.0 Å². The molecule has 1 saturated carbocycles. The number of amidine groups is 1. The van der Waals surface area contributed by atoms with Crippen LogP contribution in [0.1, 0.15) is 65.2 Å². The Morgan fingerprint density at radius 3 is 2.30 bits per heavy atom. The van der Waals surface area contributed by atoms with Crippen molar-refractivity contribution in [3.63, 3.8) is 0 Å². The first-order valence-corrected chi connectivity index (χ1v) is 7.89. The standard InChI is InChI=1S/C15H29N3O2/c1-3-5-12-18(4-2)14(19)15(13(16)17-20)10-8-6-7-9-11-15/h20H,3-12H2,1-2H3,(H2,16,17). The lowest BCUT2D eigenvalue weighted by Crippen LogP contribution is -2.51. The monoisotopic (exact) mass is 283 g/mol. The van der Waals surface area contributed by atoms with Crippen LogP contribution in [0.3, 0.4) is 0 Å². The number of rotatable bonds is 6. The van der Waals surface area contributed by atoms with Crippen molar-refractivity contribution in [2.45, 2.75) is 65.2 Å². The van der Waals surface area contributed by atoms with Gasteiger partial charge in [0.2, 0.25) is 5.91 Å². The fourth-order valence-electron chi connectivity index (χ4n) is 3.06. The lowest BCUT2D eigenvalue weighted by Gasteiger charge is -2.35. The van der Waals surface area contributed by atoms with Crippen molar-refractivity contribution in [2.24, 2.45) is 16.3 Å². The molecule has 0 aromatic carbocycles. The summed E-state index contributed by atoms with van der Waals surface area (Å²) in [4.78, 5) is 14.8. The van der Waals surface area contributed by atoms with Gasteiger partial charge in [0.25, 0.3) is 0 Å². The predicted octanol–water partition coefficient (Wildman–Crippen LogP) is 2.72. The number of nitrogens with zero attached hydrogens (tertiary/aromatic N) is 2. The molecule has 0 spiro atoms. The lowest BCUT2D eigenvalue weighted by atomic mass is 9.77. The van der Waals surface area contributed by atoms with E-state index in [9.17, 15) is 4.79 Å². The molecule has 0 radical (unpaired) electrons. The maximum atomic E-state index is 13.0. The van der Waals surface area contributed by atoms with Crippen molar-refractivity contribution in [1.29, 1.82) is 0 Å². The number of unbranched alkanes of at least 4 members (excludes halogenated alkanes) is 1. The van der Waals surface area contributed by atoms with E-state index in [1.54, 1.807) is 0 Å². The molecule has 1 rings (SSSR count). The van der Waals surface area contributed by atoms with Crippen LogP contribution in [0.15, 0.2) is 5.16 Å². The van der Waals surface area contributed by atoms with Gasteiger partial charge in [-0.15, -0.1) is 0 Å². The molecule has 0 aromatic rings. The van der Waals surface area contributed by atoms with Crippen LogP contribution in [0.5, 0.6) is 0 Å². The molecule has 0 heterocycles. The molecule has 5 heteroatoms. The van der Waals surface area contributed by atoms with E-state index in [1.807, 2.05) is 11.8 Å². The molecular weight excluding hydrogens is 254 g/mol. The van der Waals surface area contributed by atoms with Gasteiger partial charge in [-0.05, 0) is 26.2 Å². The average Bonchev–Trinajstić information content (AvgIpc) is 2.73. The van der Waals surface area contributed by atoms with E-state index >= 15 is 0 Å². The Balaban J connectivity index is 2.99. The third kappa shape index (κ3) is 3.64. The highest BCUT2D eigenvalue weighted by molar-refractivity contribution is 6.06. The van der Waals surface area contributed by atoms with E-state index in [2.05, 4.69) is 12.1 Å². The molecule has 0 aliphatic heterocycles. The van der Waals surface area contributed by atoms with Gasteiger partial charge in [0.1, 0.15) is 5.41 Å². The van der Waals surface area contributed by atoms with Gasteiger partial charge in [-0.25, -0.2) is 0 Å². The summed E-state index contributed by atoms with van der Waals surface area (Å²) in [5, 5.41) is 12.3. The highest BCUT2D eigenvalue weighted by Crippen LogP contribution is 2.37. The first-order valence-electron chi connectivity index (χ1n) is 7.89. The fraction of sp³-hybridized carbons (Fsp3) is 0.867. The Morgan fingerprint density at radius 1 is 1.25 bits per heavy atom. The largest absolute Gasteiger partial charge is 0.409 e. The molecule has 1 aliphatic rings. The number of amides is 1. The zero-order valence-electron chi connectivity index (χ0n) is 12.9. The second kappa shape index (κ2) is 8.12. The Morgan fingerprint density at radius 2 is 1.85 bits per heavy atom. The second-order valence-corrected chi connectivity index (χ2v) is 5.72. The van der Waals surface area contributed by atoms with Crippen LogP contribution < -0.4 is 5.73 Å². The Kier molecular flexibility index (Phi) is 6.82. The number of nitrogens with two attached hydrogens (primary N) is 1. The van der Waals surface area contributed by atoms with Crippen molar-refractivity contribution in [3.05, 3.63) is 0 Å². The van der Waals surface area contributed by atoms with Crippen molar-refractivity contribution >= 4 is 11.7 Å². The molecule has 0 aromatic heterocycles. The number of carbonyl (C=O) groups excluding carboxylic acids is 1. The van der Waals surface area contributed by atoms with E-state index in [4.69, 9.17) is 10.9 Å². The molecule has 0 atom stereocenters. The molecule has 20 heavy (non-hydrogen) atoms. The van der Waals surface area contributed by atoms with Crippen molar-refractivity contribution in [3.8, 4) is 0 Å². The first-order chi connectivity index (χ1) is 9.62. The summed E-state index contributed by atoms with van der Waals surface area (Å²) in [7, 11) is 0. The summed E-state index contributed by atoms with van der Waals surface area (Å²) in [5.41, 5.74) is 5.14. The Labute approximate surface area is 122 Å². The van der Waals surface area contributed by atoms with Gasteiger partial charge in [-0.2, -0.15) is 0 Å². The maximum Gasteiger partial charge on any atom is 0.236 e. The van der Waals surface area contributed by atoms with Crippen LogP contribution >= 0.6 is 0 Å². The fourth-order valence-corrected chi connectivity index (χ4v) is 3.06. The minimum atomic E-state index is -0.783. The minimum absolute atomic E-state index is 0.0469. The summed E-state index contributed by atoms with van der Waals surface area (Å²) in [6.07, 6.45) is 7.62. The second-order valence-electron chi connectivity index (χ2n) is 5.72. The summed E-state index contributed by atoms with van der Waals surface area (Å²) < 4.78 is 0. The molecule has 1 fully saturated rings. The summed E-state index contributed by atoms with van der Waals surface area (Å²) >= 11 is 0. The van der Waals surface area contributed by atoms with Crippen molar-refractivity contribution in [1.82, 2.24) is 4.90 Å². The quantitative estimate of drug-likeness (QED) is 0.259. The third-order valence-corrected chi connectivity index (χ3v) is 4.42. The van der Waals surface area contributed by atoms with Crippen molar-refractivity contribution in [2.75, 3.05) is 13.1 Å². The van der Waals surface area contributed by atoms with Gasteiger partial charge in [-0.1, -0.05) is 44.2 Å². The normalized spacial score (nSPS) is 19.4. The smallest absolute Gasteiger partial charge is 0.236 e. The summed E-state index contributed by atoms with van der Waals surface area (Å²) in [5.74, 6) is 0.144. The van der Waals surface area contributed by atoms with Crippen LogP contribution in [0, 0.1) is 5.41 Å². The molecule has 5 nitrogen and oxygen atoms in total. The molecule has 1 aliphatic carbocycles. The summed E-state index contributed by atoms with van der Waals surface area (Å²) in [6, 6.07) is 0. The van der Waals surface area contributed by atoms with Gasteiger partial charge in [0.05, 0.1) is 0 Å². The van der Waals surface area contributed by atoms with E-state index < -0.39 is 5.41 Å². The Bertz CT molecular complexity index is 334. The van der Waals surface area contributed by atoms with Gasteiger partial charge in [0, 0.05) is 13.1 Å². The number of oxime groups is 1. The molecule has 0 saturated heterocycles. The lowest BCUT2D eigenvalue weighted by molar-refractivity contribution is -0.139. The van der Waals surface area contributed by atoms with Gasteiger partial charge in [-0.3, -0.25) is 4.79 Å². The van der Waals surface area contributed by atoms with Crippen LogP contribution in [0.25, 0.3) is 0 Å². The third-order valence-electron chi connectivity index (χ3n) is 4.42. The van der Waals surface area contributed by atoms with Gasteiger partial charge < -0.3 is 15.8 Å². The molecule has 0 bridgehead atoms. The highest BCUT2D eigenvalue weighted by Gasteiger charge is 2.44. The van der Waals surface area contributed by atoms with Crippen LogP contribution in [0.4, 0.5) is 0 Å². The molecule has 0 unspecified atom stereocenters. The zero-order valence-corrected chi connectivity index (χ0v) is 12.9. The first kappa shape index (κ1) is 16.8. The van der Waals surface area contributed by atoms with E-state index in [0.717, 1.165) is 45.1 Å². The van der Waals surface area contributed by atoms with Gasteiger partial charge >= 0.3 is 0 Å². The van der Waals surface area contributed by atoms with Crippen LogP contribution in [-0.4, -0.2) is 34.9 Å². The van der Waals surface area contributed by atoms with Gasteiger partial charge in [0.15, 0.2) is 5.84 Å². The number of hydrogen-bond donors (Lipinski definition) is 2. The average molecular weight is 283 g/mol. The summed E-state index contributed by atoms with van der Waals surface area (Å²) in [6.45, 7) is 5.54. The molecule has 3 N–H and O–H groups in total. The zero-order chi connectivity index (χ0) is 15.0. The number of carbonyl (C=O) groups is 1. The number of hydrogen-bond acceptors (Lipinski definition) is 3. The maximum absolute atomic E-state index is 13.0. The molecular formula is C15H29N3O2. The predicted molar refractivity (Wildman–Crippen MR) is 80.7 cm³/mol. The highest BCUT2D eigenvalue weighted by atomic mass is 16.4. The van der Waals surface area contributed by atoms with E-state index in [1.165, 1.54) is 0 Å². The van der Waals surface area contributed by atoms with Crippen LogP contribution in [0.2, 0.25) is 0 Å². The van der Waals surface area contributed by atoms with E-state index in [0.29, 0.717) is 19.4 Å². The Hall–Kier alpha value is -1.26. The van der Waals surface area contributed by atoms with Crippen LogP contribution in [-0.2, 0) is 4.79 Å². The minimum Gasteiger partial charge on any atom is -0.409 e. The topological polar surface area (TPSA) is 78.9 Å². The SMILES string of the molecule is CCCCN(CC)C(=O)C1(C(N)=NO)CCCCCC1. The van der Waals surface area contributed by atoms with E-state index in [-0.39, 0.29) is 11.7 Å². The molecule has 1 amide bonds. The molecule has 116 valence electrons.